The number of hydrogen-bond acceptors (Lipinski definition) is 5. The van der Waals surface area contributed by atoms with Crippen molar-refractivity contribution >= 4 is 13.6 Å². The molecule has 0 spiro atoms. The van der Waals surface area contributed by atoms with Crippen LogP contribution in [0.5, 0.6) is 0 Å². The van der Waals surface area contributed by atoms with E-state index >= 15 is 0 Å². The fraction of sp³-hybridized carbons (Fsp3) is 0.632. The molecule has 0 saturated heterocycles. The van der Waals surface area contributed by atoms with E-state index in [1.54, 1.807) is 26.8 Å². The van der Waals surface area contributed by atoms with E-state index in [4.69, 9.17) is 13.8 Å². The Kier molecular flexibility index (Phi) is 12.5. The summed E-state index contributed by atoms with van der Waals surface area (Å²) in [5.74, 6) is -0.344. The molecule has 144 valence electrons. The fourth-order valence-electron chi connectivity index (χ4n) is 2.06. The summed E-state index contributed by atoms with van der Waals surface area (Å²) in [4.78, 5) is 12.2. The monoisotopic (exact) mass is 372 g/mol. The Labute approximate surface area is 152 Å². The number of carbonyl (C=O) groups is 1. The van der Waals surface area contributed by atoms with E-state index in [1.165, 1.54) is 11.6 Å². The molecule has 0 aromatic heterocycles. The summed E-state index contributed by atoms with van der Waals surface area (Å²) in [5, 5.41) is -0.0641. The fourth-order valence-corrected chi connectivity index (χ4v) is 3.65. The van der Waals surface area contributed by atoms with Crippen LogP contribution in [0, 0.1) is 5.92 Å². The summed E-state index contributed by atoms with van der Waals surface area (Å²) in [6.07, 6.45) is 9.38. The van der Waals surface area contributed by atoms with Crippen LogP contribution in [0.2, 0.25) is 0 Å². The largest absolute Gasteiger partial charge is 0.462 e. The first kappa shape index (κ1) is 23.8. The molecule has 0 aliphatic carbocycles. The van der Waals surface area contributed by atoms with Crippen LogP contribution in [0.4, 0.5) is 0 Å². The lowest BCUT2D eigenvalue weighted by Crippen LogP contribution is -2.11. The van der Waals surface area contributed by atoms with Crippen molar-refractivity contribution in [2.24, 2.45) is 5.92 Å². The van der Waals surface area contributed by atoms with Gasteiger partial charge in [0.15, 0.2) is 0 Å². The second kappa shape index (κ2) is 13.1. The first-order chi connectivity index (χ1) is 11.8. The molecule has 0 aromatic carbocycles. The molecule has 0 aromatic rings. The molecule has 1 atom stereocenters. The van der Waals surface area contributed by atoms with Crippen LogP contribution in [0.3, 0.4) is 0 Å². The summed E-state index contributed by atoms with van der Waals surface area (Å²) < 4.78 is 28.4. The zero-order valence-corrected chi connectivity index (χ0v) is 17.3. The summed E-state index contributed by atoms with van der Waals surface area (Å²) in [6.45, 7) is 11.9. The van der Waals surface area contributed by atoms with Crippen molar-refractivity contribution in [1.29, 1.82) is 0 Å². The molecule has 0 saturated carbocycles. The van der Waals surface area contributed by atoms with Gasteiger partial charge in [0.05, 0.1) is 19.8 Å². The minimum atomic E-state index is -3.68. The van der Waals surface area contributed by atoms with Crippen molar-refractivity contribution in [3.8, 4) is 0 Å². The quantitative estimate of drug-likeness (QED) is 0.146. The van der Waals surface area contributed by atoms with E-state index < -0.39 is 13.6 Å². The average molecular weight is 372 g/mol. The normalized spacial score (nSPS) is 13.8. The molecule has 0 N–H and O–H groups in total. The van der Waals surface area contributed by atoms with Crippen molar-refractivity contribution < 1.29 is 23.1 Å². The molecule has 25 heavy (non-hydrogen) atoms. The smallest absolute Gasteiger partial charge is 0.368 e. The molecule has 0 amide bonds. The van der Waals surface area contributed by atoms with Gasteiger partial charge in [-0.05, 0) is 59.5 Å². The molecule has 0 fully saturated rings. The topological polar surface area (TPSA) is 61.8 Å². The molecule has 6 heteroatoms. The molecule has 0 radical (unpaired) electrons. The maximum Gasteiger partial charge on any atom is 0.368 e. The lowest BCUT2D eigenvalue weighted by molar-refractivity contribution is -0.137. The van der Waals surface area contributed by atoms with E-state index in [-0.39, 0.29) is 25.1 Å². The van der Waals surface area contributed by atoms with Crippen LogP contribution in [0.15, 0.2) is 35.2 Å². The van der Waals surface area contributed by atoms with E-state index in [1.807, 2.05) is 6.08 Å². The highest BCUT2D eigenvalue weighted by molar-refractivity contribution is 7.59. The first-order valence-corrected chi connectivity index (χ1v) is 10.4. The lowest BCUT2D eigenvalue weighted by atomic mass is 10.0. The molecule has 0 bridgehead atoms. The van der Waals surface area contributed by atoms with Crippen molar-refractivity contribution in [2.75, 3.05) is 19.8 Å². The molecule has 0 heterocycles. The number of esters is 1. The van der Waals surface area contributed by atoms with Gasteiger partial charge in [-0.2, -0.15) is 0 Å². The predicted octanol–water partition coefficient (Wildman–Crippen LogP) is 5.64. The minimum Gasteiger partial charge on any atom is -0.462 e. The van der Waals surface area contributed by atoms with Crippen molar-refractivity contribution in [2.45, 2.75) is 54.4 Å². The zero-order valence-electron chi connectivity index (χ0n) is 16.4. The number of carbonyl (C=O) groups excluding carboxylic acids is 1. The van der Waals surface area contributed by atoms with Crippen LogP contribution in [-0.2, 0) is 23.1 Å². The standard InChI is InChI=1S/C19H33O5P/c1-7-22-19(20)18(25(21,23-8-2)24-9-3)15-11-14-17(6)13-10-12-16(4)5/h11-12,14-15,17H,7-10,13H2,1-6H3/b14-11+,18-15-. The number of hydrogen-bond donors (Lipinski definition) is 0. The van der Waals surface area contributed by atoms with E-state index in [0.29, 0.717) is 5.92 Å². The number of rotatable bonds is 12. The van der Waals surface area contributed by atoms with Gasteiger partial charge in [-0.1, -0.05) is 30.7 Å². The summed E-state index contributed by atoms with van der Waals surface area (Å²) >= 11 is 0. The highest BCUT2D eigenvalue weighted by Gasteiger charge is 2.35. The van der Waals surface area contributed by atoms with Gasteiger partial charge in [0.2, 0.25) is 0 Å². The molecule has 1 unspecified atom stereocenters. The van der Waals surface area contributed by atoms with Crippen LogP contribution >= 0.6 is 7.60 Å². The maximum atomic E-state index is 12.9. The Bertz CT molecular complexity index is 520. The SMILES string of the molecule is CCOC(=O)/C(=C/C=C/C(C)CCC=C(C)C)P(=O)(OCC)OCC. The van der Waals surface area contributed by atoms with E-state index in [9.17, 15) is 9.36 Å². The molecular formula is C19H33O5P. The summed E-state index contributed by atoms with van der Waals surface area (Å²) in [6, 6.07) is 0. The van der Waals surface area contributed by atoms with Gasteiger partial charge < -0.3 is 13.8 Å². The molecular weight excluding hydrogens is 339 g/mol. The third-order valence-electron chi connectivity index (χ3n) is 3.25. The first-order valence-electron chi connectivity index (χ1n) is 8.89. The van der Waals surface area contributed by atoms with Crippen LogP contribution in [0.1, 0.15) is 54.4 Å². The van der Waals surface area contributed by atoms with Gasteiger partial charge in [-0.15, -0.1) is 0 Å². The number of ether oxygens (including phenoxy) is 1. The van der Waals surface area contributed by atoms with Crippen LogP contribution in [0.25, 0.3) is 0 Å². The average Bonchev–Trinajstić information content (AvgIpc) is 2.51. The second-order valence-corrected chi connectivity index (χ2v) is 7.82. The van der Waals surface area contributed by atoms with Crippen LogP contribution in [-0.4, -0.2) is 25.8 Å². The van der Waals surface area contributed by atoms with E-state index in [0.717, 1.165) is 12.8 Å². The van der Waals surface area contributed by atoms with Gasteiger partial charge in [0, 0.05) is 0 Å². The minimum absolute atomic E-state index is 0.0641. The third-order valence-corrected chi connectivity index (χ3v) is 5.36. The highest BCUT2D eigenvalue weighted by Crippen LogP contribution is 2.56. The molecule has 0 aliphatic rings. The second-order valence-electron chi connectivity index (χ2n) is 5.83. The van der Waals surface area contributed by atoms with Crippen LogP contribution < -0.4 is 0 Å². The number of allylic oxidation sites excluding steroid dienone is 5. The third kappa shape index (κ3) is 9.78. The predicted molar refractivity (Wildman–Crippen MR) is 103 cm³/mol. The maximum absolute atomic E-state index is 12.9. The molecule has 5 nitrogen and oxygen atoms in total. The Hall–Kier alpha value is -1.16. The van der Waals surface area contributed by atoms with Gasteiger partial charge in [-0.3, -0.25) is 4.57 Å². The molecule has 0 aliphatic heterocycles. The Morgan fingerprint density at radius 1 is 1.08 bits per heavy atom. The lowest BCUT2D eigenvalue weighted by Gasteiger charge is -2.18. The highest BCUT2D eigenvalue weighted by atomic mass is 31.2. The van der Waals surface area contributed by atoms with Gasteiger partial charge in [0.25, 0.3) is 0 Å². The Morgan fingerprint density at radius 2 is 1.68 bits per heavy atom. The Balaban J connectivity index is 5.29. The van der Waals surface area contributed by atoms with Crippen molar-refractivity contribution in [1.82, 2.24) is 0 Å². The molecule has 0 rings (SSSR count). The summed E-state index contributed by atoms with van der Waals surface area (Å²) in [5.41, 5.74) is 1.30. The van der Waals surface area contributed by atoms with Crippen molar-refractivity contribution in [3.05, 3.63) is 35.2 Å². The Morgan fingerprint density at radius 3 is 2.16 bits per heavy atom. The zero-order chi connectivity index (χ0) is 19.3. The van der Waals surface area contributed by atoms with Gasteiger partial charge in [-0.25, -0.2) is 4.79 Å². The van der Waals surface area contributed by atoms with Gasteiger partial charge >= 0.3 is 13.6 Å². The van der Waals surface area contributed by atoms with Crippen molar-refractivity contribution in [3.63, 3.8) is 0 Å². The summed E-state index contributed by atoms with van der Waals surface area (Å²) in [7, 11) is -3.68. The van der Waals surface area contributed by atoms with E-state index in [2.05, 4.69) is 26.8 Å². The van der Waals surface area contributed by atoms with Gasteiger partial charge in [0.1, 0.15) is 5.31 Å².